The molecule has 0 radical (unpaired) electrons. The number of Topliss-reactive ketones (excluding diaryl/α,β-unsaturated/α-hetero) is 1. The molecule has 0 N–H and O–H groups in total. The molecule has 22 heavy (non-hydrogen) atoms. The van der Waals surface area contributed by atoms with Crippen LogP contribution in [0, 0.1) is 11.8 Å². The minimum absolute atomic E-state index is 0.0173. The van der Waals surface area contributed by atoms with Crippen LogP contribution in [-0.4, -0.2) is 23.6 Å². The van der Waals surface area contributed by atoms with Gasteiger partial charge in [-0.2, -0.15) is 0 Å². The van der Waals surface area contributed by atoms with Gasteiger partial charge in [0.15, 0.2) is 0 Å². The molecule has 0 spiro atoms. The number of rotatable bonds is 6. The van der Waals surface area contributed by atoms with Crippen LogP contribution in [0.25, 0.3) is 0 Å². The van der Waals surface area contributed by atoms with E-state index in [4.69, 9.17) is 4.74 Å². The van der Waals surface area contributed by atoms with E-state index in [1.165, 1.54) is 5.57 Å². The van der Waals surface area contributed by atoms with Crippen molar-refractivity contribution in [2.45, 2.75) is 57.6 Å². The number of ketones is 1. The van der Waals surface area contributed by atoms with Crippen LogP contribution in [0.5, 0.6) is 0 Å². The summed E-state index contributed by atoms with van der Waals surface area (Å²) in [5, 5.41) is 2.02. The Labute approximate surface area is 137 Å². The molecule has 0 amide bonds. The zero-order chi connectivity index (χ0) is 15.9. The second-order valence-corrected chi connectivity index (χ2v) is 7.30. The van der Waals surface area contributed by atoms with E-state index in [1.807, 2.05) is 31.4 Å². The van der Waals surface area contributed by atoms with E-state index in [2.05, 4.69) is 0 Å². The van der Waals surface area contributed by atoms with Crippen LogP contribution in [0.4, 0.5) is 0 Å². The van der Waals surface area contributed by atoms with Gasteiger partial charge in [0.1, 0.15) is 5.78 Å². The zero-order valence-electron chi connectivity index (χ0n) is 13.5. The molecule has 1 heterocycles. The summed E-state index contributed by atoms with van der Waals surface area (Å²) in [6.07, 6.45) is 9.36. The third kappa shape index (κ3) is 4.48. The predicted molar refractivity (Wildman–Crippen MR) is 90.6 cm³/mol. The Morgan fingerprint density at radius 3 is 2.64 bits per heavy atom. The van der Waals surface area contributed by atoms with Crippen molar-refractivity contribution in [1.82, 2.24) is 0 Å². The van der Waals surface area contributed by atoms with E-state index in [0.29, 0.717) is 6.61 Å². The van der Waals surface area contributed by atoms with Crippen molar-refractivity contribution in [1.29, 1.82) is 0 Å². The smallest absolute Gasteiger partial charge is 0.309 e. The topological polar surface area (TPSA) is 43.4 Å². The minimum atomic E-state index is -0.228. The second-order valence-electron chi connectivity index (χ2n) is 6.18. The first-order valence-electron chi connectivity index (χ1n) is 8.26. The number of carbonyl (C=O) groups excluding carboxylic acids is 2. The number of thioether (sulfide) groups is 1. The molecule has 3 nitrogen and oxygen atoms in total. The first-order chi connectivity index (χ1) is 10.6. The van der Waals surface area contributed by atoms with Crippen molar-refractivity contribution in [3.05, 3.63) is 23.1 Å². The number of allylic oxidation sites excluding steroid dienone is 2. The Kier molecular flexibility index (Phi) is 6.74. The molecule has 1 fully saturated rings. The molecule has 2 rings (SSSR count). The van der Waals surface area contributed by atoms with Gasteiger partial charge in [-0.3, -0.25) is 9.59 Å². The van der Waals surface area contributed by atoms with E-state index in [9.17, 15) is 9.59 Å². The molecule has 122 valence electrons. The van der Waals surface area contributed by atoms with Gasteiger partial charge in [-0.1, -0.05) is 30.6 Å². The molecule has 0 saturated heterocycles. The van der Waals surface area contributed by atoms with E-state index in [-0.39, 0.29) is 28.8 Å². The van der Waals surface area contributed by atoms with Crippen molar-refractivity contribution < 1.29 is 14.3 Å². The molecule has 0 aromatic rings. The molecule has 0 bridgehead atoms. The normalized spacial score (nSPS) is 28.6. The summed E-state index contributed by atoms with van der Waals surface area (Å²) in [7, 11) is 0. The van der Waals surface area contributed by atoms with Crippen LogP contribution in [-0.2, 0) is 14.3 Å². The highest BCUT2D eigenvalue weighted by atomic mass is 32.2. The van der Waals surface area contributed by atoms with Crippen molar-refractivity contribution in [2.24, 2.45) is 11.8 Å². The van der Waals surface area contributed by atoms with Gasteiger partial charge in [-0.05, 0) is 38.5 Å². The highest BCUT2D eigenvalue weighted by molar-refractivity contribution is 8.03. The quantitative estimate of drug-likeness (QED) is 0.541. The van der Waals surface area contributed by atoms with Gasteiger partial charge in [0.25, 0.3) is 0 Å². The van der Waals surface area contributed by atoms with Gasteiger partial charge in [0.05, 0.1) is 17.8 Å². The third-order valence-electron chi connectivity index (χ3n) is 4.67. The Hall–Kier alpha value is -1.03. The van der Waals surface area contributed by atoms with E-state index < -0.39 is 0 Å². The van der Waals surface area contributed by atoms with Gasteiger partial charge < -0.3 is 4.74 Å². The lowest BCUT2D eigenvalue weighted by Crippen LogP contribution is -2.37. The molecule has 0 aromatic heterocycles. The Bertz CT molecular complexity index is 459. The van der Waals surface area contributed by atoms with Gasteiger partial charge in [-0.15, -0.1) is 11.8 Å². The lowest BCUT2D eigenvalue weighted by Gasteiger charge is -2.30. The Morgan fingerprint density at radius 2 is 2.00 bits per heavy atom. The molecule has 0 aromatic carbocycles. The molecule has 1 saturated carbocycles. The van der Waals surface area contributed by atoms with Crippen LogP contribution in [0.3, 0.4) is 0 Å². The summed E-state index contributed by atoms with van der Waals surface area (Å²) in [5.74, 6) is -0.283. The van der Waals surface area contributed by atoms with Crippen LogP contribution in [0.15, 0.2) is 23.1 Å². The van der Waals surface area contributed by atoms with Crippen LogP contribution >= 0.6 is 11.8 Å². The van der Waals surface area contributed by atoms with Crippen LogP contribution in [0.2, 0.25) is 0 Å². The van der Waals surface area contributed by atoms with Crippen molar-refractivity contribution in [3.63, 3.8) is 0 Å². The fourth-order valence-electron chi connectivity index (χ4n) is 3.12. The molecule has 2 aliphatic rings. The van der Waals surface area contributed by atoms with Gasteiger partial charge in [0, 0.05) is 12.3 Å². The van der Waals surface area contributed by atoms with Crippen LogP contribution in [0.1, 0.15) is 52.4 Å². The van der Waals surface area contributed by atoms with Crippen LogP contribution < -0.4 is 0 Å². The SMILES string of the molecule is C/C=C(\C)CCOC(=O)C1CCCCC1C(=O)C1CC=CS1. The molecular weight excluding hydrogens is 296 g/mol. The van der Waals surface area contributed by atoms with Crippen molar-refractivity contribution >= 4 is 23.5 Å². The number of ether oxygens (including phenoxy) is 1. The van der Waals surface area contributed by atoms with Crippen molar-refractivity contribution in [3.8, 4) is 0 Å². The molecular formula is C18H26O3S. The summed E-state index contributed by atoms with van der Waals surface area (Å²) in [6.45, 7) is 4.44. The van der Waals surface area contributed by atoms with Gasteiger partial charge in [-0.25, -0.2) is 0 Å². The summed E-state index contributed by atoms with van der Waals surface area (Å²) in [4.78, 5) is 25.0. The average Bonchev–Trinajstić information content (AvgIpc) is 3.08. The molecule has 1 aliphatic carbocycles. The summed E-state index contributed by atoms with van der Waals surface area (Å²) < 4.78 is 5.44. The average molecular weight is 322 g/mol. The molecule has 3 unspecified atom stereocenters. The maximum absolute atomic E-state index is 12.7. The highest BCUT2D eigenvalue weighted by Crippen LogP contribution is 2.36. The maximum atomic E-state index is 12.7. The van der Waals surface area contributed by atoms with E-state index in [1.54, 1.807) is 11.8 Å². The summed E-state index contributed by atoms with van der Waals surface area (Å²) in [6, 6.07) is 0. The van der Waals surface area contributed by atoms with E-state index >= 15 is 0 Å². The first kappa shape index (κ1) is 17.3. The van der Waals surface area contributed by atoms with E-state index in [0.717, 1.165) is 38.5 Å². The standard InChI is InChI=1S/C18H26O3S/c1-3-13(2)10-11-21-18(20)15-8-5-4-7-14(15)17(19)16-9-6-12-22-16/h3,6,12,14-16H,4-5,7-11H2,1-2H3/b13-3+. The third-order valence-corrected chi connectivity index (χ3v) is 5.78. The lowest BCUT2D eigenvalue weighted by atomic mass is 9.76. The van der Waals surface area contributed by atoms with Gasteiger partial charge >= 0.3 is 5.97 Å². The molecule has 3 atom stereocenters. The van der Waals surface area contributed by atoms with Crippen molar-refractivity contribution in [2.75, 3.05) is 6.61 Å². The zero-order valence-corrected chi connectivity index (χ0v) is 14.4. The predicted octanol–water partition coefficient (Wildman–Crippen LogP) is 4.28. The lowest BCUT2D eigenvalue weighted by molar-refractivity contribution is -0.154. The molecule has 1 aliphatic heterocycles. The number of esters is 1. The first-order valence-corrected chi connectivity index (χ1v) is 9.20. The molecule has 4 heteroatoms. The summed E-state index contributed by atoms with van der Waals surface area (Å²) in [5.41, 5.74) is 1.22. The fourth-order valence-corrected chi connectivity index (χ4v) is 4.07. The minimum Gasteiger partial charge on any atom is -0.465 e. The van der Waals surface area contributed by atoms with Gasteiger partial charge in [0.2, 0.25) is 0 Å². The largest absolute Gasteiger partial charge is 0.465 e. The number of carbonyl (C=O) groups is 2. The Morgan fingerprint density at radius 1 is 1.27 bits per heavy atom. The Balaban J connectivity index is 1.90. The monoisotopic (exact) mass is 322 g/mol. The number of hydrogen-bond acceptors (Lipinski definition) is 4. The highest BCUT2D eigenvalue weighted by Gasteiger charge is 2.39. The summed E-state index contributed by atoms with van der Waals surface area (Å²) >= 11 is 1.59. The fraction of sp³-hybridized carbons (Fsp3) is 0.667. The maximum Gasteiger partial charge on any atom is 0.309 e. The second kappa shape index (κ2) is 8.56. The number of hydrogen-bond donors (Lipinski definition) is 0.